The fourth-order valence-electron chi connectivity index (χ4n) is 2.44. The fraction of sp³-hybridized carbons (Fsp3) is 0.556. The number of rotatable bonds is 5. The number of amides is 2. The van der Waals surface area contributed by atoms with Crippen molar-refractivity contribution in [3.8, 4) is 0 Å². The highest BCUT2D eigenvalue weighted by molar-refractivity contribution is 6.39. The first-order valence-corrected chi connectivity index (χ1v) is 7.88. The highest BCUT2D eigenvalue weighted by Gasteiger charge is 2.24. The molecule has 0 atom stereocenters. The normalized spacial score (nSPS) is 10.9. The van der Waals surface area contributed by atoms with Crippen LogP contribution >= 0.6 is 0 Å². The summed E-state index contributed by atoms with van der Waals surface area (Å²) in [6.45, 7) is 13.2. The zero-order valence-corrected chi connectivity index (χ0v) is 14.6. The van der Waals surface area contributed by atoms with Crippen molar-refractivity contribution in [2.24, 2.45) is 11.8 Å². The van der Waals surface area contributed by atoms with Crippen LogP contribution in [0.2, 0.25) is 0 Å². The molecular weight excluding hydrogens is 276 g/mol. The van der Waals surface area contributed by atoms with Crippen LogP contribution in [0.4, 0.5) is 5.69 Å². The molecule has 1 rings (SSSR count). The Morgan fingerprint density at radius 3 is 1.86 bits per heavy atom. The number of hydrogen-bond donors (Lipinski definition) is 1. The van der Waals surface area contributed by atoms with E-state index in [-0.39, 0.29) is 0 Å². The van der Waals surface area contributed by atoms with E-state index >= 15 is 0 Å². The highest BCUT2D eigenvalue weighted by atomic mass is 16.2. The molecule has 0 saturated heterocycles. The second-order valence-corrected chi connectivity index (χ2v) is 6.72. The molecule has 0 unspecified atom stereocenters. The maximum absolute atomic E-state index is 12.5. The van der Waals surface area contributed by atoms with Gasteiger partial charge in [0.25, 0.3) is 0 Å². The summed E-state index contributed by atoms with van der Waals surface area (Å²) in [4.78, 5) is 26.4. The molecule has 0 spiro atoms. The molecule has 4 nitrogen and oxygen atoms in total. The van der Waals surface area contributed by atoms with E-state index in [1.807, 2.05) is 59.7 Å². The predicted octanol–water partition coefficient (Wildman–Crippen LogP) is 3.38. The Hall–Kier alpha value is -1.84. The van der Waals surface area contributed by atoms with Gasteiger partial charge in [0.15, 0.2) is 0 Å². The number of nitrogens with zero attached hydrogens (tertiary/aromatic N) is 1. The lowest BCUT2D eigenvalue weighted by atomic mass is 10.1. The summed E-state index contributed by atoms with van der Waals surface area (Å²) < 4.78 is 0. The van der Waals surface area contributed by atoms with Crippen molar-refractivity contribution in [3.05, 3.63) is 29.3 Å². The fourth-order valence-corrected chi connectivity index (χ4v) is 2.44. The minimum atomic E-state index is -0.557. The van der Waals surface area contributed by atoms with Crippen molar-refractivity contribution in [3.63, 3.8) is 0 Å². The van der Waals surface area contributed by atoms with Gasteiger partial charge in [0, 0.05) is 18.8 Å². The van der Waals surface area contributed by atoms with Crippen LogP contribution < -0.4 is 5.32 Å². The molecule has 0 radical (unpaired) electrons. The van der Waals surface area contributed by atoms with Gasteiger partial charge in [-0.3, -0.25) is 9.59 Å². The van der Waals surface area contributed by atoms with Crippen molar-refractivity contribution in [2.75, 3.05) is 18.4 Å². The van der Waals surface area contributed by atoms with Gasteiger partial charge < -0.3 is 10.2 Å². The largest absolute Gasteiger partial charge is 0.334 e. The van der Waals surface area contributed by atoms with Crippen LogP contribution in [0.3, 0.4) is 0 Å². The summed E-state index contributed by atoms with van der Waals surface area (Å²) in [6.07, 6.45) is 0. The molecule has 0 fully saturated rings. The molecule has 0 aliphatic carbocycles. The van der Waals surface area contributed by atoms with Crippen LogP contribution in [0.5, 0.6) is 0 Å². The van der Waals surface area contributed by atoms with Crippen LogP contribution in [-0.4, -0.2) is 29.8 Å². The van der Waals surface area contributed by atoms with Gasteiger partial charge in [-0.05, 0) is 36.8 Å². The molecule has 0 aliphatic rings. The number of aryl methyl sites for hydroxylation is 2. The van der Waals surface area contributed by atoms with E-state index in [0.717, 1.165) is 16.8 Å². The average molecular weight is 304 g/mol. The van der Waals surface area contributed by atoms with Gasteiger partial charge in [0.1, 0.15) is 0 Å². The molecule has 0 bridgehead atoms. The summed E-state index contributed by atoms with van der Waals surface area (Å²) in [7, 11) is 0. The third-order valence-electron chi connectivity index (χ3n) is 3.37. The minimum absolute atomic E-state index is 0.329. The Morgan fingerprint density at radius 2 is 1.45 bits per heavy atom. The van der Waals surface area contributed by atoms with Gasteiger partial charge >= 0.3 is 11.8 Å². The minimum Gasteiger partial charge on any atom is -0.334 e. The van der Waals surface area contributed by atoms with Crippen molar-refractivity contribution >= 4 is 17.5 Å². The Morgan fingerprint density at radius 1 is 1.00 bits per heavy atom. The molecule has 4 heteroatoms. The van der Waals surface area contributed by atoms with Crippen molar-refractivity contribution in [2.45, 2.75) is 41.5 Å². The van der Waals surface area contributed by atoms with Gasteiger partial charge in [-0.25, -0.2) is 0 Å². The van der Waals surface area contributed by atoms with E-state index < -0.39 is 11.8 Å². The second kappa shape index (κ2) is 7.97. The van der Waals surface area contributed by atoms with E-state index in [1.165, 1.54) is 0 Å². The third-order valence-corrected chi connectivity index (χ3v) is 3.37. The molecule has 0 saturated carbocycles. The number of para-hydroxylation sites is 1. The Bertz CT molecular complexity index is 506. The second-order valence-electron chi connectivity index (χ2n) is 6.72. The predicted molar refractivity (Wildman–Crippen MR) is 90.8 cm³/mol. The number of hydrogen-bond acceptors (Lipinski definition) is 2. The van der Waals surface area contributed by atoms with E-state index in [9.17, 15) is 9.59 Å². The smallest absolute Gasteiger partial charge is 0.313 e. The Balaban J connectivity index is 2.87. The standard InChI is InChI=1S/C18H28N2O2/c1-12(2)10-20(11-13(3)4)18(22)17(21)19-16-14(5)8-7-9-15(16)6/h7-9,12-13H,10-11H2,1-6H3,(H,19,21). The first-order chi connectivity index (χ1) is 10.2. The topological polar surface area (TPSA) is 49.4 Å². The van der Waals surface area contributed by atoms with E-state index in [0.29, 0.717) is 24.9 Å². The lowest BCUT2D eigenvalue weighted by molar-refractivity contribution is -0.143. The van der Waals surface area contributed by atoms with Crippen LogP contribution in [0.25, 0.3) is 0 Å². The first-order valence-electron chi connectivity index (χ1n) is 7.88. The molecule has 1 N–H and O–H groups in total. The quantitative estimate of drug-likeness (QED) is 0.848. The third kappa shape index (κ3) is 5.17. The molecule has 1 aromatic rings. The molecule has 1 aromatic carbocycles. The van der Waals surface area contributed by atoms with E-state index in [4.69, 9.17) is 0 Å². The highest BCUT2D eigenvalue weighted by Crippen LogP contribution is 2.19. The van der Waals surface area contributed by atoms with Gasteiger partial charge in [0.05, 0.1) is 0 Å². The summed E-state index contributed by atoms with van der Waals surface area (Å²) in [5.74, 6) is -0.352. The van der Waals surface area contributed by atoms with E-state index in [1.54, 1.807) is 4.90 Å². The summed E-state index contributed by atoms with van der Waals surface area (Å²) >= 11 is 0. The molecule has 0 aliphatic heterocycles. The maximum Gasteiger partial charge on any atom is 0.313 e. The van der Waals surface area contributed by atoms with Crippen LogP contribution in [0.1, 0.15) is 38.8 Å². The molecule has 22 heavy (non-hydrogen) atoms. The van der Waals surface area contributed by atoms with Crippen LogP contribution in [-0.2, 0) is 9.59 Å². The lowest BCUT2D eigenvalue weighted by Gasteiger charge is -2.26. The monoisotopic (exact) mass is 304 g/mol. The van der Waals surface area contributed by atoms with Gasteiger partial charge in [-0.15, -0.1) is 0 Å². The van der Waals surface area contributed by atoms with Crippen LogP contribution in [0, 0.1) is 25.7 Å². The lowest BCUT2D eigenvalue weighted by Crippen LogP contribution is -2.43. The van der Waals surface area contributed by atoms with Gasteiger partial charge in [-0.1, -0.05) is 45.9 Å². The zero-order valence-electron chi connectivity index (χ0n) is 14.6. The zero-order chi connectivity index (χ0) is 16.9. The maximum atomic E-state index is 12.5. The molecule has 0 heterocycles. The Kier molecular flexibility index (Phi) is 6.60. The van der Waals surface area contributed by atoms with Crippen molar-refractivity contribution < 1.29 is 9.59 Å². The SMILES string of the molecule is Cc1cccc(C)c1NC(=O)C(=O)N(CC(C)C)CC(C)C. The molecule has 0 aromatic heterocycles. The van der Waals surface area contributed by atoms with Crippen LogP contribution in [0.15, 0.2) is 18.2 Å². The Labute approximate surface area is 133 Å². The molecular formula is C18H28N2O2. The summed E-state index contributed by atoms with van der Waals surface area (Å²) in [5.41, 5.74) is 2.65. The number of benzene rings is 1. The van der Waals surface area contributed by atoms with E-state index in [2.05, 4.69) is 5.32 Å². The number of carbonyl (C=O) groups is 2. The number of carbonyl (C=O) groups excluding carboxylic acids is 2. The summed E-state index contributed by atoms with van der Waals surface area (Å²) in [6, 6.07) is 5.78. The van der Waals surface area contributed by atoms with Crippen molar-refractivity contribution in [1.29, 1.82) is 0 Å². The van der Waals surface area contributed by atoms with Gasteiger partial charge in [-0.2, -0.15) is 0 Å². The van der Waals surface area contributed by atoms with Crippen molar-refractivity contribution in [1.82, 2.24) is 4.90 Å². The number of nitrogens with one attached hydrogen (secondary N) is 1. The number of anilines is 1. The first kappa shape index (κ1) is 18.2. The molecule has 2 amide bonds. The van der Waals surface area contributed by atoms with Gasteiger partial charge in [0.2, 0.25) is 0 Å². The summed E-state index contributed by atoms with van der Waals surface area (Å²) in [5, 5.41) is 2.78. The molecule has 122 valence electrons. The average Bonchev–Trinajstić information content (AvgIpc) is 2.40.